The summed E-state index contributed by atoms with van der Waals surface area (Å²) in [6.45, 7) is 4.28. The van der Waals surface area contributed by atoms with Crippen LogP contribution in [-0.2, 0) is 6.54 Å². The molecule has 1 aromatic carbocycles. The number of aryl methyl sites for hydroxylation is 1. The topological polar surface area (TPSA) is 43.7 Å². The van der Waals surface area contributed by atoms with Crippen LogP contribution in [-0.4, -0.2) is 34.3 Å². The Morgan fingerprint density at radius 2 is 2.00 bits per heavy atom. The highest BCUT2D eigenvalue weighted by Gasteiger charge is 2.18. The summed E-state index contributed by atoms with van der Waals surface area (Å²) in [5.41, 5.74) is 1.68. The minimum Gasteiger partial charge on any atom is -0.507 e. The number of piperidine rings is 1. The SMILES string of the molecule is Cc1cc(Cl)cc(CN2CCC(O)CC2)c1O. The molecule has 17 heavy (non-hydrogen) atoms. The minimum atomic E-state index is -0.166. The number of phenols is 1. The van der Waals surface area contributed by atoms with E-state index in [0.717, 1.165) is 37.1 Å². The maximum Gasteiger partial charge on any atom is 0.123 e. The Bertz CT molecular complexity index is 401. The van der Waals surface area contributed by atoms with Crippen molar-refractivity contribution in [2.45, 2.75) is 32.4 Å². The zero-order chi connectivity index (χ0) is 12.4. The standard InChI is InChI=1S/C13H18ClNO2/c1-9-6-11(14)7-10(13(9)17)8-15-4-2-12(16)3-5-15/h6-7,12,16-17H,2-5,8H2,1H3. The Hall–Kier alpha value is -0.770. The van der Waals surface area contributed by atoms with E-state index in [-0.39, 0.29) is 6.10 Å². The summed E-state index contributed by atoms with van der Waals surface area (Å²) in [7, 11) is 0. The molecule has 1 heterocycles. The highest BCUT2D eigenvalue weighted by molar-refractivity contribution is 6.30. The minimum absolute atomic E-state index is 0.166. The maximum absolute atomic E-state index is 9.97. The number of hydrogen-bond donors (Lipinski definition) is 2. The average Bonchev–Trinajstić information content (AvgIpc) is 2.28. The maximum atomic E-state index is 9.97. The third-order valence-corrected chi connectivity index (χ3v) is 3.51. The van der Waals surface area contributed by atoms with Crippen molar-refractivity contribution >= 4 is 11.6 Å². The van der Waals surface area contributed by atoms with Crippen molar-refractivity contribution in [3.63, 3.8) is 0 Å². The second-order valence-corrected chi connectivity index (χ2v) is 5.17. The van der Waals surface area contributed by atoms with Crippen LogP contribution in [0.25, 0.3) is 0 Å². The van der Waals surface area contributed by atoms with Crippen molar-refractivity contribution in [2.24, 2.45) is 0 Å². The molecule has 0 radical (unpaired) electrons. The Kier molecular flexibility index (Phi) is 3.92. The van der Waals surface area contributed by atoms with Crippen molar-refractivity contribution in [1.29, 1.82) is 0 Å². The van der Waals surface area contributed by atoms with Gasteiger partial charge in [-0.2, -0.15) is 0 Å². The van der Waals surface area contributed by atoms with Crippen LogP contribution < -0.4 is 0 Å². The average molecular weight is 256 g/mol. The second kappa shape index (κ2) is 5.25. The lowest BCUT2D eigenvalue weighted by atomic mass is 10.1. The lowest BCUT2D eigenvalue weighted by Gasteiger charge is -2.29. The first kappa shape index (κ1) is 12.7. The number of aliphatic hydroxyl groups excluding tert-OH is 1. The molecule has 0 unspecified atom stereocenters. The summed E-state index contributed by atoms with van der Waals surface area (Å²) in [6.07, 6.45) is 1.45. The highest BCUT2D eigenvalue weighted by atomic mass is 35.5. The van der Waals surface area contributed by atoms with Crippen molar-refractivity contribution in [3.05, 3.63) is 28.3 Å². The van der Waals surface area contributed by atoms with E-state index >= 15 is 0 Å². The summed E-state index contributed by atoms with van der Waals surface area (Å²) in [4.78, 5) is 2.23. The van der Waals surface area contributed by atoms with E-state index in [1.165, 1.54) is 0 Å². The molecule has 4 heteroatoms. The Balaban J connectivity index is 2.08. The van der Waals surface area contributed by atoms with E-state index in [1.807, 2.05) is 13.0 Å². The number of rotatable bonds is 2. The van der Waals surface area contributed by atoms with Crippen LogP contribution in [0.5, 0.6) is 5.75 Å². The number of hydrogen-bond acceptors (Lipinski definition) is 3. The molecule has 0 atom stereocenters. The molecule has 0 bridgehead atoms. The number of aliphatic hydroxyl groups is 1. The molecule has 0 aliphatic carbocycles. The fraction of sp³-hybridized carbons (Fsp3) is 0.538. The van der Waals surface area contributed by atoms with Crippen LogP contribution in [0.4, 0.5) is 0 Å². The van der Waals surface area contributed by atoms with Gasteiger partial charge in [0.25, 0.3) is 0 Å². The van der Waals surface area contributed by atoms with Crippen molar-refractivity contribution in [1.82, 2.24) is 4.90 Å². The number of likely N-dealkylation sites (tertiary alicyclic amines) is 1. The Labute approximate surface area is 107 Å². The van der Waals surface area contributed by atoms with Crippen LogP contribution in [0.2, 0.25) is 5.02 Å². The molecular formula is C13H18ClNO2. The Morgan fingerprint density at radius 3 is 2.65 bits per heavy atom. The number of aromatic hydroxyl groups is 1. The molecule has 0 amide bonds. The van der Waals surface area contributed by atoms with Crippen molar-refractivity contribution < 1.29 is 10.2 Å². The molecule has 0 spiro atoms. The molecule has 2 N–H and O–H groups in total. The predicted octanol–water partition coefficient (Wildman–Crippen LogP) is 2.31. The monoisotopic (exact) mass is 255 g/mol. The smallest absolute Gasteiger partial charge is 0.123 e. The quantitative estimate of drug-likeness (QED) is 0.852. The van der Waals surface area contributed by atoms with E-state index in [1.54, 1.807) is 6.07 Å². The van der Waals surface area contributed by atoms with Crippen LogP contribution >= 0.6 is 11.6 Å². The van der Waals surface area contributed by atoms with Gasteiger partial charge in [-0.3, -0.25) is 4.90 Å². The van der Waals surface area contributed by atoms with Gasteiger partial charge in [-0.1, -0.05) is 11.6 Å². The van der Waals surface area contributed by atoms with Crippen LogP contribution in [0, 0.1) is 6.92 Å². The van der Waals surface area contributed by atoms with Crippen LogP contribution in [0.15, 0.2) is 12.1 Å². The third kappa shape index (κ3) is 3.12. The van der Waals surface area contributed by atoms with E-state index in [0.29, 0.717) is 17.3 Å². The fourth-order valence-electron chi connectivity index (χ4n) is 2.24. The molecular weight excluding hydrogens is 238 g/mol. The molecule has 3 nitrogen and oxygen atoms in total. The molecule has 1 saturated heterocycles. The first-order valence-corrected chi connectivity index (χ1v) is 6.32. The third-order valence-electron chi connectivity index (χ3n) is 3.30. The van der Waals surface area contributed by atoms with Crippen LogP contribution in [0.1, 0.15) is 24.0 Å². The van der Waals surface area contributed by atoms with Crippen LogP contribution in [0.3, 0.4) is 0 Å². The van der Waals surface area contributed by atoms with Gasteiger partial charge in [0.1, 0.15) is 5.75 Å². The normalized spacial score (nSPS) is 18.5. The van der Waals surface area contributed by atoms with Gasteiger partial charge in [-0.15, -0.1) is 0 Å². The van der Waals surface area contributed by atoms with Gasteiger partial charge >= 0.3 is 0 Å². The predicted molar refractivity (Wildman–Crippen MR) is 68.4 cm³/mol. The molecule has 0 aromatic heterocycles. The summed E-state index contributed by atoms with van der Waals surface area (Å²) in [5, 5.41) is 20.1. The molecule has 2 rings (SSSR count). The summed E-state index contributed by atoms with van der Waals surface area (Å²) < 4.78 is 0. The van der Waals surface area contributed by atoms with Gasteiger partial charge in [0.05, 0.1) is 6.10 Å². The molecule has 1 aromatic rings. The van der Waals surface area contributed by atoms with E-state index in [4.69, 9.17) is 11.6 Å². The summed E-state index contributed by atoms with van der Waals surface area (Å²) in [6, 6.07) is 3.58. The second-order valence-electron chi connectivity index (χ2n) is 4.74. The van der Waals surface area contributed by atoms with Gasteiger partial charge in [0, 0.05) is 30.2 Å². The Morgan fingerprint density at radius 1 is 1.35 bits per heavy atom. The van der Waals surface area contributed by atoms with Crippen molar-refractivity contribution in [3.8, 4) is 5.75 Å². The molecule has 1 fully saturated rings. The van der Waals surface area contributed by atoms with Crippen molar-refractivity contribution in [2.75, 3.05) is 13.1 Å². The summed E-state index contributed by atoms with van der Waals surface area (Å²) in [5.74, 6) is 0.334. The van der Waals surface area contributed by atoms with Gasteiger partial charge in [0.2, 0.25) is 0 Å². The lowest BCUT2D eigenvalue weighted by Crippen LogP contribution is -2.35. The van der Waals surface area contributed by atoms with Gasteiger partial charge in [-0.05, 0) is 37.5 Å². The zero-order valence-corrected chi connectivity index (χ0v) is 10.7. The van der Waals surface area contributed by atoms with E-state index in [9.17, 15) is 10.2 Å². The molecule has 94 valence electrons. The summed E-state index contributed by atoms with van der Waals surface area (Å²) >= 11 is 5.99. The lowest BCUT2D eigenvalue weighted by molar-refractivity contribution is 0.0789. The molecule has 0 saturated carbocycles. The van der Waals surface area contributed by atoms with Gasteiger partial charge in [0.15, 0.2) is 0 Å². The van der Waals surface area contributed by atoms with Gasteiger partial charge < -0.3 is 10.2 Å². The number of phenolic OH excluding ortho intramolecular Hbond substituents is 1. The molecule has 1 aliphatic rings. The first-order chi connectivity index (χ1) is 8.06. The number of halogens is 1. The number of nitrogens with zero attached hydrogens (tertiary/aromatic N) is 1. The first-order valence-electron chi connectivity index (χ1n) is 5.94. The molecule has 1 aliphatic heterocycles. The largest absolute Gasteiger partial charge is 0.507 e. The van der Waals surface area contributed by atoms with Gasteiger partial charge in [-0.25, -0.2) is 0 Å². The van der Waals surface area contributed by atoms with E-state index < -0.39 is 0 Å². The fourth-order valence-corrected chi connectivity index (χ4v) is 2.54. The highest BCUT2D eigenvalue weighted by Crippen LogP contribution is 2.28. The van der Waals surface area contributed by atoms with E-state index in [2.05, 4.69) is 4.90 Å². The zero-order valence-electron chi connectivity index (χ0n) is 9.99. The number of benzene rings is 1.